The minimum Gasteiger partial charge on any atom is -0.327 e. The molecule has 1 aliphatic rings. The van der Waals surface area contributed by atoms with E-state index in [0.29, 0.717) is 12.3 Å². The van der Waals surface area contributed by atoms with Crippen LogP contribution in [0.25, 0.3) is 0 Å². The van der Waals surface area contributed by atoms with E-state index < -0.39 is 9.84 Å². The van der Waals surface area contributed by atoms with Gasteiger partial charge >= 0.3 is 0 Å². The van der Waals surface area contributed by atoms with E-state index in [4.69, 9.17) is 5.73 Å². The minimum absolute atomic E-state index is 0.0784. The Bertz CT molecular complexity index is 274. The van der Waals surface area contributed by atoms with Crippen LogP contribution in [0.15, 0.2) is 0 Å². The van der Waals surface area contributed by atoms with Gasteiger partial charge in [0, 0.05) is 12.3 Å². The van der Waals surface area contributed by atoms with Gasteiger partial charge in [-0.3, -0.25) is 0 Å². The largest absolute Gasteiger partial charge is 0.327 e. The zero-order chi connectivity index (χ0) is 10.8. The molecule has 4 heteroatoms. The summed E-state index contributed by atoms with van der Waals surface area (Å²) in [5.41, 5.74) is 5.98. The van der Waals surface area contributed by atoms with Crippen LogP contribution < -0.4 is 5.73 Å². The third-order valence-corrected chi connectivity index (χ3v) is 4.14. The highest BCUT2D eigenvalue weighted by atomic mass is 32.2. The van der Waals surface area contributed by atoms with E-state index in [0.717, 1.165) is 5.92 Å². The van der Waals surface area contributed by atoms with Crippen molar-refractivity contribution in [1.82, 2.24) is 0 Å². The van der Waals surface area contributed by atoms with Crippen LogP contribution in [-0.4, -0.2) is 26.5 Å². The average Bonchev–Trinajstić information content (AvgIpc) is 2.46. The molecule has 1 rings (SSSR count). The molecule has 3 nitrogen and oxygen atoms in total. The van der Waals surface area contributed by atoms with Gasteiger partial charge in [-0.2, -0.15) is 0 Å². The first-order valence-corrected chi connectivity index (χ1v) is 7.38. The molecule has 0 spiro atoms. The fraction of sp³-hybridized carbons (Fsp3) is 1.00. The van der Waals surface area contributed by atoms with Crippen molar-refractivity contribution in [2.24, 2.45) is 17.6 Å². The van der Waals surface area contributed by atoms with E-state index in [-0.39, 0.29) is 11.8 Å². The SMILES string of the molecule is CC1CCC(C(N)CCS(C)(=O)=O)C1. The molecule has 0 aromatic heterocycles. The van der Waals surface area contributed by atoms with Crippen molar-refractivity contribution >= 4 is 9.84 Å². The highest BCUT2D eigenvalue weighted by molar-refractivity contribution is 7.90. The lowest BCUT2D eigenvalue weighted by molar-refractivity contribution is 0.408. The van der Waals surface area contributed by atoms with Gasteiger partial charge in [-0.1, -0.05) is 13.3 Å². The highest BCUT2D eigenvalue weighted by Gasteiger charge is 2.26. The molecule has 0 amide bonds. The summed E-state index contributed by atoms with van der Waals surface area (Å²) in [5.74, 6) is 1.55. The monoisotopic (exact) mass is 219 g/mol. The van der Waals surface area contributed by atoms with Gasteiger partial charge in [0.2, 0.25) is 0 Å². The molecule has 2 N–H and O–H groups in total. The molecule has 1 aliphatic carbocycles. The maximum Gasteiger partial charge on any atom is 0.147 e. The topological polar surface area (TPSA) is 60.2 Å². The minimum atomic E-state index is -2.84. The molecule has 0 radical (unpaired) electrons. The molecule has 0 bridgehead atoms. The van der Waals surface area contributed by atoms with E-state index in [1.54, 1.807) is 0 Å². The van der Waals surface area contributed by atoms with E-state index in [1.807, 2.05) is 0 Å². The number of nitrogens with two attached hydrogens (primary N) is 1. The molecule has 0 aromatic carbocycles. The van der Waals surface area contributed by atoms with Crippen LogP contribution in [0.4, 0.5) is 0 Å². The predicted molar refractivity (Wildman–Crippen MR) is 58.8 cm³/mol. The summed E-state index contributed by atoms with van der Waals surface area (Å²) in [6, 6.07) is 0.0784. The van der Waals surface area contributed by atoms with E-state index in [9.17, 15) is 8.42 Å². The molecule has 0 aliphatic heterocycles. The van der Waals surface area contributed by atoms with Crippen LogP contribution in [0, 0.1) is 11.8 Å². The average molecular weight is 219 g/mol. The molecule has 3 atom stereocenters. The van der Waals surface area contributed by atoms with Crippen molar-refractivity contribution < 1.29 is 8.42 Å². The Kier molecular flexibility index (Phi) is 3.95. The van der Waals surface area contributed by atoms with Crippen molar-refractivity contribution in [2.75, 3.05) is 12.0 Å². The molecule has 0 aromatic rings. The van der Waals surface area contributed by atoms with Crippen molar-refractivity contribution in [3.05, 3.63) is 0 Å². The van der Waals surface area contributed by atoms with Gasteiger partial charge in [0.05, 0.1) is 5.75 Å². The summed E-state index contributed by atoms with van der Waals surface area (Å²) in [7, 11) is -2.84. The van der Waals surface area contributed by atoms with Crippen LogP contribution in [0.1, 0.15) is 32.6 Å². The van der Waals surface area contributed by atoms with Crippen LogP contribution in [0.3, 0.4) is 0 Å². The maximum atomic E-state index is 11.0. The third kappa shape index (κ3) is 3.96. The molecule has 0 heterocycles. The fourth-order valence-electron chi connectivity index (χ4n) is 2.23. The molecule has 0 saturated heterocycles. The van der Waals surface area contributed by atoms with Gasteiger partial charge in [-0.25, -0.2) is 8.42 Å². The lowest BCUT2D eigenvalue weighted by Crippen LogP contribution is -2.30. The van der Waals surface area contributed by atoms with E-state index in [1.165, 1.54) is 25.5 Å². The standard InChI is InChI=1S/C10H21NO2S/c1-8-3-4-9(7-8)10(11)5-6-14(2,12)13/h8-10H,3-7,11H2,1-2H3. The van der Waals surface area contributed by atoms with Crippen molar-refractivity contribution in [3.8, 4) is 0 Å². The summed E-state index contributed by atoms with van der Waals surface area (Å²) in [6.45, 7) is 2.24. The van der Waals surface area contributed by atoms with Crippen molar-refractivity contribution in [1.29, 1.82) is 0 Å². The van der Waals surface area contributed by atoms with Crippen LogP contribution in [0.5, 0.6) is 0 Å². The third-order valence-electron chi connectivity index (χ3n) is 3.16. The Morgan fingerprint density at radius 2 is 2.07 bits per heavy atom. The smallest absolute Gasteiger partial charge is 0.147 e. The first kappa shape index (κ1) is 12.0. The molecule has 3 unspecified atom stereocenters. The zero-order valence-electron chi connectivity index (χ0n) is 9.07. The Morgan fingerprint density at radius 1 is 1.43 bits per heavy atom. The normalized spacial score (nSPS) is 30.5. The highest BCUT2D eigenvalue weighted by Crippen LogP contribution is 2.32. The number of hydrogen-bond donors (Lipinski definition) is 1. The Labute approximate surface area is 87.0 Å². The van der Waals surface area contributed by atoms with Crippen LogP contribution in [-0.2, 0) is 9.84 Å². The van der Waals surface area contributed by atoms with E-state index >= 15 is 0 Å². The van der Waals surface area contributed by atoms with Gasteiger partial charge in [-0.05, 0) is 31.1 Å². The second-order valence-corrected chi connectivity index (χ2v) is 7.02. The molecule has 1 fully saturated rings. The Morgan fingerprint density at radius 3 is 2.50 bits per heavy atom. The Balaban J connectivity index is 2.32. The second-order valence-electron chi connectivity index (χ2n) is 4.76. The summed E-state index contributed by atoms with van der Waals surface area (Å²) in [4.78, 5) is 0. The summed E-state index contributed by atoms with van der Waals surface area (Å²) < 4.78 is 21.9. The van der Waals surface area contributed by atoms with Gasteiger partial charge in [0.15, 0.2) is 0 Å². The van der Waals surface area contributed by atoms with Crippen LogP contribution in [0.2, 0.25) is 0 Å². The Hall–Kier alpha value is -0.0900. The first-order valence-electron chi connectivity index (χ1n) is 5.32. The molecular formula is C10H21NO2S. The van der Waals surface area contributed by atoms with Crippen molar-refractivity contribution in [3.63, 3.8) is 0 Å². The predicted octanol–water partition coefficient (Wildman–Crippen LogP) is 1.18. The first-order chi connectivity index (χ1) is 6.38. The lowest BCUT2D eigenvalue weighted by atomic mass is 9.96. The van der Waals surface area contributed by atoms with Gasteiger partial charge < -0.3 is 5.73 Å². The van der Waals surface area contributed by atoms with Gasteiger partial charge in [0.25, 0.3) is 0 Å². The number of hydrogen-bond acceptors (Lipinski definition) is 3. The lowest BCUT2D eigenvalue weighted by Gasteiger charge is -2.18. The zero-order valence-corrected chi connectivity index (χ0v) is 9.89. The molecule has 84 valence electrons. The van der Waals surface area contributed by atoms with Gasteiger partial charge in [-0.15, -0.1) is 0 Å². The number of rotatable bonds is 4. The van der Waals surface area contributed by atoms with Gasteiger partial charge in [0.1, 0.15) is 9.84 Å². The molecular weight excluding hydrogens is 198 g/mol. The van der Waals surface area contributed by atoms with Crippen molar-refractivity contribution in [2.45, 2.75) is 38.6 Å². The second kappa shape index (κ2) is 4.62. The number of sulfone groups is 1. The summed E-state index contributed by atoms with van der Waals surface area (Å²) in [5, 5.41) is 0. The molecule has 14 heavy (non-hydrogen) atoms. The fourth-order valence-corrected chi connectivity index (χ4v) is 2.93. The molecule has 1 saturated carbocycles. The van der Waals surface area contributed by atoms with Crippen LogP contribution >= 0.6 is 0 Å². The summed E-state index contributed by atoms with van der Waals surface area (Å²) >= 11 is 0. The van der Waals surface area contributed by atoms with E-state index in [2.05, 4.69) is 6.92 Å². The quantitative estimate of drug-likeness (QED) is 0.772. The summed E-state index contributed by atoms with van der Waals surface area (Å²) in [6.07, 6.45) is 5.49. The maximum absolute atomic E-state index is 11.0.